The average Bonchev–Trinajstić information content (AvgIpc) is 2.79. The summed E-state index contributed by atoms with van der Waals surface area (Å²) in [6, 6.07) is 7.27. The van der Waals surface area contributed by atoms with Gasteiger partial charge in [-0.1, -0.05) is 6.07 Å². The maximum Gasteiger partial charge on any atom is 0.323 e. The zero-order valence-corrected chi connectivity index (χ0v) is 12.2. The van der Waals surface area contributed by atoms with Gasteiger partial charge in [0.2, 0.25) is 0 Å². The van der Waals surface area contributed by atoms with Gasteiger partial charge in [0.1, 0.15) is 0 Å². The first-order valence-electron chi connectivity index (χ1n) is 6.12. The van der Waals surface area contributed by atoms with E-state index in [1.165, 1.54) is 6.07 Å². The van der Waals surface area contributed by atoms with Crippen molar-refractivity contribution in [3.63, 3.8) is 0 Å². The van der Waals surface area contributed by atoms with E-state index >= 15 is 0 Å². The smallest absolute Gasteiger partial charge is 0.323 e. The maximum absolute atomic E-state index is 13.1. The van der Waals surface area contributed by atoms with Crippen LogP contribution in [0.3, 0.4) is 0 Å². The molecule has 0 aliphatic rings. The molecule has 21 heavy (non-hydrogen) atoms. The van der Waals surface area contributed by atoms with Crippen molar-refractivity contribution in [1.29, 1.82) is 0 Å². The molecule has 0 bridgehead atoms. The van der Waals surface area contributed by atoms with Crippen LogP contribution in [-0.2, 0) is 6.54 Å². The number of aromatic nitrogens is 2. The number of halogens is 3. The Morgan fingerprint density at radius 3 is 2.48 bits per heavy atom. The van der Waals surface area contributed by atoms with Crippen molar-refractivity contribution in [2.24, 2.45) is 0 Å². The summed E-state index contributed by atoms with van der Waals surface area (Å²) in [5.74, 6) is -1.75. The molecule has 3 N–H and O–H groups in total. The Morgan fingerprint density at radius 1 is 1.05 bits per heavy atom. The van der Waals surface area contributed by atoms with Gasteiger partial charge in [-0.2, -0.15) is 0 Å². The first-order chi connectivity index (χ1) is 10.0. The summed E-state index contributed by atoms with van der Waals surface area (Å²) in [4.78, 5) is 16.5. The Hall–Kier alpha value is -2.15. The fourth-order valence-corrected chi connectivity index (χ4v) is 2.52. The van der Waals surface area contributed by atoms with Gasteiger partial charge in [0, 0.05) is 11.0 Å². The topological polar surface area (TPSA) is 60.7 Å². The van der Waals surface area contributed by atoms with Gasteiger partial charge in [0.25, 0.3) is 0 Å². The van der Waals surface area contributed by atoms with E-state index in [4.69, 9.17) is 0 Å². The fraction of sp³-hybridized carbons (Fsp3) is 0.0714. The molecule has 0 atom stereocenters. The van der Waals surface area contributed by atoms with E-state index in [9.17, 15) is 13.6 Å². The lowest BCUT2D eigenvalue weighted by Gasteiger charge is -2.09. The van der Waals surface area contributed by atoms with Crippen LogP contribution in [0, 0.1) is 11.6 Å². The Labute approximate surface area is 126 Å². The molecule has 0 aliphatic heterocycles. The van der Waals surface area contributed by atoms with Gasteiger partial charge >= 0.3 is 5.69 Å². The van der Waals surface area contributed by atoms with Gasteiger partial charge in [0.05, 0.1) is 16.7 Å². The quantitative estimate of drug-likeness (QED) is 0.674. The first kappa shape index (κ1) is 13.8. The second kappa shape index (κ2) is 5.33. The van der Waals surface area contributed by atoms with E-state index in [0.29, 0.717) is 23.1 Å². The van der Waals surface area contributed by atoms with Crippen LogP contribution in [0.1, 0.15) is 5.56 Å². The molecular weight excluding hydrogens is 344 g/mol. The summed E-state index contributed by atoms with van der Waals surface area (Å²) < 4.78 is 26.8. The molecule has 0 unspecified atom stereocenters. The maximum atomic E-state index is 13.1. The van der Waals surface area contributed by atoms with Crippen LogP contribution in [0.25, 0.3) is 11.0 Å². The van der Waals surface area contributed by atoms with Crippen molar-refractivity contribution in [3.05, 3.63) is 62.5 Å². The highest BCUT2D eigenvalue weighted by Gasteiger charge is 2.07. The van der Waals surface area contributed by atoms with E-state index in [1.54, 1.807) is 12.1 Å². The molecule has 0 saturated carbocycles. The molecule has 108 valence electrons. The van der Waals surface area contributed by atoms with Gasteiger partial charge in [-0.05, 0) is 45.8 Å². The summed E-state index contributed by atoms with van der Waals surface area (Å²) in [5, 5.41) is 3.11. The van der Waals surface area contributed by atoms with Crippen molar-refractivity contribution in [2.45, 2.75) is 6.54 Å². The molecule has 0 amide bonds. The highest BCUT2D eigenvalue weighted by atomic mass is 79.9. The number of fused-ring (bicyclic) bond motifs is 1. The van der Waals surface area contributed by atoms with Crippen molar-refractivity contribution in [2.75, 3.05) is 5.32 Å². The van der Waals surface area contributed by atoms with Crippen molar-refractivity contribution >= 4 is 32.7 Å². The molecule has 3 aromatic rings. The number of anilines is 1. The first-order valence-corrected chi connectivity index (χ1v) is 6.91. The zero-order valence-electron chi connectivity index (χ0n) is 10.6. The highest BCUT2D eigenvalue weighted by molar-refractivity contribution is 9.10. The number of hydrogen-bond donors (Lipinski definition) is 3. The molecule has 0 saturated heterocycles. The normalized spacial score (nSPS) is 11.0. The Balaban J connectivity index is 1.85. The van der Waals surface area contributed by atoms with Crippen LogP contribution in [-0.4, -0.2) is 9.97 Å². The molecule has 1 heterocycles. The number of H-pyrrole nitrogens is 2. The van der Waals surface area contributed by atoms with E-state index in [2.05, 4.69) is 31.2 Å². The zero-order chi connectivity index (χ0) is 15.0. The molecule has 3 rings (SSSR count). The minimum atomic E-state index is -0.876. The molecule has 1 aromatic heterocycles. The molecule has 0 aliphatic carbocycles. The number of aromatic amines is 2. The number of nitrogens with one attached hydrogen (secondary N) is 3. The van der Waals surface area contributed by atoms with Gasteiger partial charge in [-0.25, -0.2) is 13.6 Å². The van der Waals surface area contributed by atoms with Crippen LogP contribution >= 0.6 is 15.9 Å². The Bertz CT molecular complexity index is 872. The number of imidazole rings is 1. The van der Waals surface area contributed by atoms with Gasteiger partial charge < -0.3 is 15.3 Å². The van der Waals surface area contributed by atoms with Gasteiger partial charge in [0.15, 0.2) is 11.6 Å². The fourth-order valence-electron chi connectivity index (χ4n) is 2.04. The largest absolute Gasteiger partial charge is 0.380 e. The summed E-state index contributed by atoms with van der Waals surface area (Å²) >= 11 is 3.39. The summed E-state index contributed by atoms with van der Waals surface area (Å²) in [5.41, 5.74) is 2.42. The Morgan fingerprint density at radius 2 is 1.76 bits per heavy atom. The summed E-state index contributed by atoms with van der Waals surface area (Å²) in [6.07, 6.45) is 0. The van der Waals surface area contributed by atoms with Gasteiger partial charge in [-0.15, -0.1) is 0 Å². The molecular formula is C14H10BrF2N3O. The predicted octanol–water partition coefficient (Wildman–Crippen LogP) is 3.51. The third-order valence-electron chi connectivity index (χ3n) is 3.07. The minimum Gasteiger partial charge on any atom is -0.380 e. The lowest BCUT2D eigenvalue weighted by atomic mass is 10.2. The summed E-state index contributed by atoms with van der Waals surface area (Å²) in [6.45, 7) is 0.329. The third-order valence-corrected chi connectivity index (χ3v) is 3.73. The van der Waals surface area contributed by atoms with Crippen molar-refractivity contribution in [1.82, 2.24) is 9.97 Å². The van der Waals surface area contributed by atoms with E-state index in [1.807, 2.05) is 0 Å². The molecule has 0 spiro atoms. The molecule has 0 radical (unpaired) electrons. The second-order valence-corrected chi connectivity index (χ2v) is 5.41. The average molecular weight is 354 g/mol. The van der Waals surface area contributed by atoms with Crippen LogP contribution in [0.2, 0.25) is 0 Å². The minimum absolute atomic E-state index is 0.283. The van der Waals surface area contributed by atoms with Crippen LogP contribution in [0.4, 0.5) is 14.5 Å². The third kappa shape index (κ3) is 2.82. The molecule has 4 nitrogen and oxygen atoms in total. The number of benzene rings is 2. The van der Waals surface area contributed by atoms with Gasteiger partial charge in [-0.3, -0.25) is 0 Å². The predicted molar refractivity (Wildman–Crippen MR) is 80.3 cm³/mol. The lowest BCUT2D eigenvalue weighted by molar-refractivity contribution is 0.507. The highest BCUT2D eigenvalue weighted by Crippen LogP contribution is 2.26. The van der Waals surface area contributed by atoms with Crippen molar-refractivity contribution in [3.8, 4) is 0 Å². The molecule has 0 fully saturated rings. The number of rotatable bonds is 3. The van der Waals surface area contributed by atoms with Crippen LogP contribution < -0.4 is 11.0 Å². The molecule has 7 heteroatoms. The molecule has 2 aromatic carbocycles. The Kier molecular flexibility index (Phi) is 3.50. The van der Waals surface area contributed by atoms with E-state index < -0.39 is 11.6 Å². The summed E-state index contributed by atoms with van der Waals surface area (Å²) in [7, 11) is 0. The second-order valence-electron chi connectivity index (χ2n) is 4.56. The number of hydrogen-bond acceptors (Lipinski definition) is 2. The van der Waals surface area contributed by atoms with Crippen molar-refractivity contribution < 1.29 is 8.78 Å². The SMILES string of the molecule is O=c1[nH]c2cc(Br)c(NCc3ccc(F)c(F)c3)cc2[nH]1. The van der Waals surface area contributed by atoms with Crippen LogP contribution in [0.15, 0.2) is 39.6 Å². The van der Waals surface area contributed by atoms with Crippen LogP contribution in [0.5, 0.6) is 0 Å². The lowest BCUT2D eigenvalue weighted by Crippen LogP contribution is -2.01. The van der Waals surface area contributed by atoms with E-state index in [0.717, 1.165) is 22.3 Å². The van der Waals surface area contributed by atoms with E-state index in [-0.39, 0.29) is 5.69 Å². The standard InChI is InChI=1S/C14H10BrF2N3O/c15-8-4-12-13(20-14(21)19-12)5-11(8)18-6-7-1-2-9(16)10(17)3-7/h1-5,18H,6H2,(H2,19,20,21). The monoisotopic (exact) mass is 353 g/mol.